The number of aromatic nitrogens is 2. The van der Waals surface area contributed by atoms with E-state index in [1.807, 2.05) is 13.0 Å². The molecule has 1 aliphatic rings. The van der Waals surface area contributed by atoms with Crippen LogP contribution in [0.4, 0.5) is 5.82 Å². The number of hydrogen-bond acceptors (Lipinski definition) is 3. The average molecular weight is 226 g/mol. The molecule has 1 aliphatic heterocycles. The Morgan fingerprint density at radius 3 is 2.93 bits per heavy atom. The van der Waals surface area contributed by atoms with Crippen LogP contribution in [0.5, 0.6) is 0 Å². The molecule has 1 atom stereocenters. The summed E-state index contributed by atoms with van der Waals surface area (Å²) in [6.45, 7) is 6.25. The van der Waals surface area contributed by atoms with Gasteiger partial charge in [0.05, 0.1) is 0 Å². The molecule has 0 aliphatic carbocycles. The summed E-state index contributed by atoms with van der Waals surface area (Å²) in [6.07, 6.45) is 2.76. The van der Waals surface area contributed by atoms with E-state index in [1.54, 1.807) is 6.33 Å². The van der Waals surface area contributed by atoms with Gasteiger partial charge >= 0.3 is 0 Å². The number of anilines is 1. The van der Waals surface area contributed by atoms with Crippen molar-refractivity contribution in [3.8, 4) is 0 Å². The summed E-state index contributed by atoms with van der Waals surface area (Å²) in [5.41, 5.74) is 1.25. The minimum atomic E-state index is 0.237. The summed E-state index contributed by atoms with van der Waals surface area (Å²) in [7, 11) is 0. The van der Waals surface area contributed by atoms with Gasteiger partial charge in [-0.25, -0.2) is 9.97 Å². The number of aryl methyl sites for hydroxylation is 1. The molecule has 0 amide bonds. The molecule has 1 saturated heterocycles. The van der Waals surface area contributed by atoms with Crippen LogP contribution >= 0.6 is 11.6 Å². The molecule has 15 heavy (non-hydrogen) atoms. The highest BCUT2D eigenvalue weighted by Crippen LogP contribution is 2.33. The van der Waals surface area contributed by atoms with Crippen LogP contribution in [0.2, 0.25) is 0 Å². The Balaban J connectivity index is 2.14. The Morgan fingerprint density at radius 2 is 2.33 bits per heavy atom. The minimum absolute atomic E-state index is 0.237. The monoisotopic (exact) mass is 225 g/mol. The zero-order valence-corrected chi connectivity index (χ0v) is 9.96. The Bertz CT molecular complexity index is 355. The van der Waals surface area contributed by atoms with Gasteiger partial charge < -0.3 is 4.90 Å². The first kappa shape index (κ1) is 10.7. The minimum Gasteiger partial charge on any atom is -0.356 e. The van der Waals surface area contributed by atoms with Crippen molar-refractivity contribution in [3.05, 3.63) is 18.1 Å². The number of nitrogens with zero attached hydrogens (tertiary/aromatic N) is 3. The van der Waals surface area contributed by atoms with E-state index in [0.717, 1.165) is 31.0 Å². The van der Waals surface area contributed by atoms with E-state index in [2.05, 4.69) is 21.8 Å². The lowest BCUT2D eigenvalue weighted by atomic mass is 9.93. The molecule has 0 N–H and O–H groups in total. The maximum atomic E-state index is 5.97. The summed E-state index contributed by atoms with van der Waals surface area (Å²) in [5.74, 6) is 1.74. The topological polar surface area (TPSA) is 29.0 Å². The molecule has 1 aromatic heterocycles. The Kier molecular flexibility index (Phi) is 2.83. The number of rotatable bonds is 2. The van der Waals surface area contributed by atoms with Crippen molar-refractivity contribution in [1.29, 1.82) is 0 Å². The SMILES string of the molecule is Cc1cc(N2CCC(C)(CCl)C2)ncn1. The fourth-order valence-corrected chi connectivity index (χ4v) is 2.16. The van der Waals surface area contributed by atoms with Crippen LogP contribution in [0.1, 0.15) is 19.0 Å². The lowest BCUT2D eigenvalue weighted by Gasteiger charge is -2.22. The van der Waals surface area contributed by atoms with E-state index < -0.39 is 0 Å². The third kappa shape index (κ3) is 2.23. The maximum absolute atomic E-state index is 5.97. The number of alkyl halides is 1. The first-order chi connectivity index (χ1) is 7.13. The molecular weight excluding hydrogens is 210 g/mol. The van der Waals surface area contributed by atoms with E-state index in [9.17, 15) is 0 Å². The predicted octanol–water partition coefficient (Wildman–Crippen LogP) is 2.24. The van der Waals surface area contributed by atoms with Crippen molar-refractivity contribution in [2.24, 2.45) is 5.41 Å². The summed E-state index contributed by atoms with van der Waals surface area (Å²) < 4.78 is 0. The standard InChI is InChI=1S/C11H16ClN3/c1-9-5-10(14-8-13-9)15-4-3-11(2,6-12)7-15/h5,8H,3-4,6-7H2,1-2H3. The smallest absolute Gasteiger partial charge is 0.132 e. The quantitative estimate of drug-likeness (QED) is 0.723. The second-order valence-electron chi connectivity index (χ2n) is 4.63. The van der Waals surface area contributed by atoms with Gasteiger partial charge in [-0.1, -0.05) is 6.92 Å². The van der Waals surface area contributed by atoms with Crippen molar-refractivity contribution in [3.63, 3.8) is 0 Å². The van der Waals surface area contributed by atoms with Crippen molar-refractivity contribution < 1.29 is 0 Å². The van der Waals surface area contributed by atoms with Crippen molar-refractivity contribution >= 4 is 17.4 Å². The first-order valence-corrected chi connectivity index (χ1v) is 5.76. The largest absolute Gasteiger partial charge is 0.356 e. The van der Waals surface area contributed by atoms with Crippen LogP contribution in [0.25, 0.3) is 0 Å². The molecule has 2 heterocycles. The van der Waals surface area contributed by atoms with Gasteiger partial charge in [0.25, 0.3) is 0 Å². The predicted molar refractivity (Wildman–Crippen MR) is 62.4 cm³/mol. The zero-order valence-electron chi connectivity index (χ0n) is 9.20. The molecule has 0 aromatic carbocycles. The second kappa shape index (κ2) is 3.97. The molecule has 3 nitrogen and oxygen atoms in total. The molecule has 0 radical (unpaired) electrons. The van der Waals surface area contributed by atoms with Gasteiger partial charge in [0.1, 0.15) is 12.1 Å². The van der Waals surface area contributed by atoms with E-state index in [-0.39, 0.29) is 5.41 Å². The lowest BCUT2D eigenvalue weighted by molar-refractivity contribution is 0.425. The molecule has 0 saturated carbocycles. The molecule has 1 aromatic rings. The summed E-state index contributed by atoms with van der Waals surface area (Å²) >= 11 is 5.97. The Labute approximate surface area is 95.5 Å². The van der Waals surface area contributed by atoms with Gasteiger partial charge in [-0.3, -0.25) is 0 Å². The molecular formula is C11H16ClN3. The molecule has 2 rings (SSSR count). The first-order valence-electron chi connectivity index (χ1n) is 5.22. The molecule has 1 unspecified atom stereocenters. The highest BCUT2D eigenvalue weighted by Gasteiger charge is 2.33. The van der Waals surface area contributed by atoms with Crippen LogP contribution < -0.4 is 4.90 Å². The normalized spacial score (nSPS) is 25.9. The van der Waals surface area contributed by atoms with E-state index in [1.165, 1.54) is 0 Å². The number of hydrogen-bond donors (Lipinski definition) is 0. The van der Waals surface area contributed by atoms with Crippen LogP contribution in [0, 0.1) is 12.3 Å². The molecule has 82 valence electrons. The van der Waals surface area contributed by atoms with Crippen molar-refractivity contribution in [2.45, 2.75) is 20.3 Å². The Morgan fingerprint density at radius 1 is 1.53 bits per heavy atom. The second-order valence-corrected chi connectivity index (χ2v) is 4.90. The van der Waals surface area contributed by atoms with Gasteiger partial charge in [-0.05, 0) is 13.3 Å². The average Bonchev–Trinajstić information content (AvgIpc) is 2.62. The molecule has 1 fully saturated rings. The van der Waals surface area contributed by atoms with E-state index in [4.69, 9.17) is 11.6 Å². The summed E-state index contributed by atoms with van der Waals surface area (Å²) in [4.78, 5) is 10.7. The number of halogens is 1. The van der Waals surface area contributed by atoms with E-state index >= 15 is 0 Å². The van der Waals surface area contributed by atoms with Crippen LogP contribution in [-0.2, 0) is 0 Å². The third-order valence-electron chi connectivity index (χ3n) is 2.99. The maximum Gasteiger partial charge on any atom is 0.132 e. The fraction of sp³-hybridized carbons (Fsp3) is 0.636. The van der Waals surface area contributed by atoms with Gasteiger partial charge in [0.2, 0.25) is 0 Å². The van der Waals surface area contributed by atoms with Gasteiger partial charge in [-0.15, -0.1) is 11.6 Å². The highest BCUT2D eigenvalue weighted by atomic mass is 35.5. The fourth-order valence-electron chi connectivity index (χ4n) is 1.94. The van der Waals surface area contributed by atoms with Gasteiger partial charge in [0, 0.05) is 36.1 Å². The van der Waals surface area contributed by atoms with Crippen LogP contribution in [0.15, 0.2) is 12.4 Å². The zero-order chi connectivity index (χ0) is 10.9. The van der Waals surface area contributed by atoms with Crippen molar-refractivity contribution in [1.82, 2.24) is 9.97 Å². The molecule has 0 bridgehead atoms. The molecule has 4 heteroatoms. The summed E-state index contributed by atoms with van der Waals surface area (Å²) in [6, 6.07) is 2.03. The van der Waals surface area contributed by atoms with Gasteiger partial charge in [0.15, 0.2) is 0 Å². The van der Waals surface area contributed by atoms with Crippen LogP contribution in [0.3, 0.4) is 0 Å². The Hall–Kier alpha value is -0.830. The lowest BCUT2D eigenvalue weighted by Crippen LogP contribution is -2.26. The third-order valence-corrected chi connectivity index (χ3v) is 3.64. The van der Waals surface area contributed by atoms with Gasteiger partial charge in [-0.2, -0.15) is 0 Å². The summed E-state index contributed by atoms with van der Waals surface area (Å²) in [5, 5.41) is 0. The highest BCUT2D eigenvalue weighted by molar-refractivity contribution is 6.18. The van der Waals surface area contributed by atoms with Crippen LogP contribution in [-0.4, -0.2) is 28.9 Å². The van der Waals surface area contributed by atoms with Crippen molar-refractivity contribution in [2.75, 3.05) is 23.9 Å². The van der Waals surface area contributed by atoms with E-state index in [0.29, 0.717) is 5.88 Å². The molecule has 0 spiro atoms.